The molecule has 8 aromatic rings. The van der Waals surface area contributed by atoms with Gasteiger partial charge >= 0.3 is 17.9 Å². The van der Waals surface area contributed by atoms with Crippen molar-refractivity contribution >= 4 is 35.3 Å². The highest BCUT2D eigenvalue weighted by Gasteiger charge is 2.22. The molecule has 0 spiro atoms. The van der Waals surface area contributed by atoms with Gasteiger partial charge in [-0.1, -0.05) is 49.7 Å². The molecular formula is C46H38ClF6N9O7. The van der Waals surface area contributed by atoms with Gasteiger partial charge in [0, 0.05) is 48.2 Å². The standard InChI is InChI=1S/2C12H10F2N2O2.C12H10F2N2O.C10H8ClN3O2/c1-2-9-10(12(17)18)16-11(15-9)6-3-7(13)5-8(14)4-6;1-2-8-10(12(17)18)16-11(15-8)9-6(13)4-3-5-7(9)14;1-6-11(16-12(15-6)7(2)17)10-8(13)4-3-5-9(10)14;1-14-9(12-8(13-14)10(15)16)6-4-2-3-5-7(6)11/h2*3-5H,2H2,1H3,(H,15,16)(H,17,18);3-5H,1-2H3,(H,15,16);2-5H,1H3,(H,15,16). The van der Waals surface area contributed by atoms with Gasteiger partial charge in [-0.25, -0.2) is 65.3 Å². The molecule has 0 amide bonds. The van der Waals surface area contributed by atoms with E-state index < -0.39 is 52.8 Å². The van der Waals surface area contributed by atoms with Gasteiger partial charge < -0.3 is 30.3 Å². The Morgan fingerprint density at radius 2 is 1.13 bits per heavy atom. The summed E-state index contributed by atoms with van der Waals surface area (Å²) in [5.41, 5.74) is 1.27. The highest BCUT2D eigenvalue weighted by molar-refractivity contribution is 6.33. The van der Waals surface area contributed by atoms with Gasteiger partial charge in [-0.05, 0) is 68.3 Å². The summed E-state index contributed by atoms with van der Waals surface area (Å²) in [5, 5.41) is 30.9. The molecule has 23 heteroatoms. The number of aromatic carboxylic acids is 3. The Kier molecular flexibility index (Phi) is 16.7. The van der Waals surface area contributed by atoms with Crippen molar-refractivity contribution in [2.24, 2.45) is 7.05 Å². The number of hydrogen-bond acceptors (Lipinski definition) is 9. The average molecular weight is 978 g/mol. The minimum Gasteiger partial charge on any atom is -0.476 e. The lowest BCUT2D eigenvalue weighted by Gasteiger charge is -2.02. The van der Waals surface area contributed by atoms with Crippen molar-refractivity contribution in [1.82, 2.24) is 44.7 Å². The van der Waals surface area contributed by atoms with Crippen molar-refractivity contribution < 1.29 is 60.8 Å². The fraction of sp³-hybridized carbons (Fsp3) is 0.152. The Hall–Kier alpha value is -8.40. The number of imidazole rings is 3. The van der Waals surface area contributed by atoms with Crippen molar-refractivity contribution in [3.8, 4) is 45.4 Å². The predicted molar refractivity (Wildman–Crippen MR) is 238 cm³/mol. The number of rotatable bonds is 10. The third-order valence-corrected chi connectivity index (χ3v) is 9.82. The first-order chi connectivity index (χ1) is 32.6. The van der Waals surface area contributed by atoms with Crippen LogP contribution in [-0.4, -0.2) is 83.7 Å². The van der Waals surface area contributed by atoms with E-state index in [4.69, 9.17) is 26.9 Å². The van der Waals surface area contributed by atoms with Gasteiger partial charge in [0.1, 0.15) is 46.6 Å². The summed E-state index contributed by atoms with van der Waals surface area (Å²) in [4.78, 5) is 67.2. The molecule has 69 heavy (non-hydrogen) atoms. The molecule has 4 aromatic carbocycles. The first-order valence-electron chi connectivity index (χ1n) is 20.1. The lowest BCUT2D eigenvalue weighted by atomic mass is 10.1. The number of carboxylic acids is 3. The van der Waals surface area contributed by atoms with Crippen LogP contribution in [0.4, 0.5) is 26.3 Å². The van der Waals surface area contributed by atoms with Gasteiger partial charge in [-0.15, -0.1) is 5.10 Å². The highest BCUT2D eigenvalue weighted by Crippen LogP contribution is 2.29. The molecule has 4 heterocycles. The predicted octanol–water partition coefficient (Wildman–Crippen LogP) is 9.93. The number of halogens is 7. The summed E-state index contributed by atoms with van der Waals surface area (Å²) in [6.07, 6.45) is 0.817. The van der Waals surface area contributed by atoms with E-state index in [1.54, 1.807) is 52.1 Å². The van der Waals surface area contributed by atoms with Crippen LogP contribution in [0.2, 0.25) is 5.02 Å². The monoisotopic (exact) mass is 977 g/mol. The molecule has 0 saturated carbocycles. The summed E-state index contributed by atoms with van der Waals surface area (Å²) in [7, 11) is 1.62. The molecule has 6 N–H and O–H groups in total. The Bertz CT molecular complexity index is 3140. The number of aryl methyl sites for hydroxylation is 4. The van der Waals surface area contributed by atoms with Crippen LogP contribution in [-0.2, 0) is 19.9 Å². The Morgan fingerprint density at radius 1 is 0.638 bits per heavy atom. The number of nitrogens with one attached hydrogen (secondary N) is 3. The van der Waals surface area contributed by atoms with Crippen molar-refractivity contribution in [2.75, 3.05) is 0 Å². The number of benzene rings is 4. The Morgan fingerprint density at radius 3 is 1.57 bits per heavy atom. The quantitative estimate of drug-likeness (QED) is 0.0554. The van der Waals surface area contributed by atoms with Gasteiger partial charge in [0.15, 0.2) is 28.8 Å². The first kappa shape index (κ1) is 51.6. The van der Waals surface area contributed by atoms with Crippen LogP contribution >= 0.6 is 11.6 Å². The minimum atomic E-state index is -1.23. The SMILES string of the molecule is CC(=O)c1nc(-c2c(F)cccc2F)c(C)[nH]1.CCc1[nH]c(-c2c(F)cccc2F)nc1C(=O)O.CCc1[nH]c(-c2cc(F)cc(F)c2)nc1C(=O)O.Cn1nc(C(=O)O)nc1-c1ccccc1Cl. The maximum atomic E-state index is 13.5. The molecule has 8 rings (SSSR count). The van der Waals surface area contributed by atoms with Gasteiger partial charge in [-0.2, -0.15) is 0 Å². The zero-order valence-electron chi connectivity index (χ0n) is 36.7. The van der Waals surface area contributed by atoms with Crippen molar-refractivity contribution in [1.29, 1.82) is 0 Å². The Balaban J connectivity index is 0.000000172. The van der Waals surface area contributed by atoms with Crippen LogP contribution in [0.3, 0.4) is 0 Å². The number of Topliss-reactive ketones (excluding diaryl/α,β-unsaturated/α-hetero) is 1. The third kappa shape index (κ3) is 12.3. The van der Waals surface area contributed by atoms with Gasteiger partial charge in [-0.3, -0.25) is 4.79 Å². The van der Waals surface area contributed by atoms with Crippen LogP contribution in [0.25, 0.3) is 45.4 Å². The van der Waals surface area contributed by atoms with Crippen LogP contribution in [0, 0.1) is 41.8 Å². The van der Waals surface area contributed by atoms with E-state index in [1.807, 2.05) is 0 Å². The van der Waals surface area contributed by atoms with E-state index in [-0.39, 0.29) is 62.9 Å². The molecule has 0 bridgehead atoms. The number of nitrogens with zero attached hydrogens (tertiary/aromatic N) is 6. The molecule has 0 aliphatic heterocycles. The third-order valence-electron chi connectivity index (χ3n) is 9.49. The number of carboxylic acid groups (broad SMARTS) is 3. The summed E-state index contributed by atoms with van der Waals surface area (Å²) in [6, 6.07) is 17.0. The second-order valence-corrected chi connectivity index (χ2v) is 14.7. The topological polar surface area (TPSA) is 246 Å². The molecule has 0 aliphatic carbocycles. The van der Waals surface area contributed by atoms with Crippen LogP contribution in [0.1, 0.15) is 80.1 Å². The van der Waals surface area contributed by atoms with Crippen LogP contribution in [0.5, 0.6) is 0 Å². The number of carbonyl (C=O) groups excluding carboxylic acids is 1. The van der Waals surface area contributed by atoms with Gasteiger partial charge in [0.25, 0.3) is 5.82 Å². The number of aromatic nitrogens is 9. The number of H-pyrrole nitrogens is 3. The first-order valence-corrected chi connectivity index (χ1v) is 20.5. The van der Waals surface area contributed by atoms with E-state index in [0.29, 0.717) is 46.3 Å². The number of hydrogen-bond donors (Lipinski definition) is 6. The fourth-order valence-electron chi connectivity index (χ4n) is 6.30. The molecule has 16 nitrogen and oxygen atoms in total. The molecule has 0 fully saturated rings. The lowest BCUT2D eigenvalue weighted by molar-refractivity contribution is 0.0674. The number of aromatic amines is 3. The van der Waals surface area contributed by atoms with Crippen molar-refractivity contribution in [3.63, 3.8) is 0 Å². The molecule has 0 aliphatic rings. The molecule has 0 unspecified atom stereocenters. The zero-order chi connectivity index (χ0) is 50.9. The molecule has 0 atom stereocenters. The summed E-state index contributed by atoms with van der Waals surface area (Å²) < 4.78 is 81.7. The minimum absolute atomic E-state index is 0.0974. The van der Waals surface area contributed by atoms with E-state index in [2.05, 4.69) is 40.0 Å². The summed E-state index contributed by atoms with van der Waals surface area (Å²) in [6.45, 7) is 6.43. The smallest absolute Gasteiger partial charge is 0.375 e. The molecule has 358 valence electrons. The summed E-state index contributed by atoms with van der Waals surface area (Å²) >= 11 is 5.99. The molecule has 0 radical (unpaired) electrons. The second-order valence-electron chi connectivity index (χ2n) is 14.3. The number of carbonyl (C=O) groups is 4. The second kappa shape index (κ2) is 22.4. The number of ketones is 1. The molecule has 0 saturated heterocycles. The maximum absolute atomic E-state index is 13.5. The normalized spacial score (nSPS) is 10.6. The summed E-state index contributed by atoms with van der Waals surface area (Å²) in [5.74, 6) is -7.98. The largest absolute Gasteiger partial charge is 0.476 e. The van der Waals surface area contributed by atoms with Crippen molar-refractivity contribution in [2.45, 2.75) is 40.5 Å². The maximum Gasteiger partial charge on any atom is 0.375 e. The highest BCUT2D eigenvalue weighted by atomic mass is 35.5. The van der Waals surface area contributed by atoms with Crippen LogP contribution < -0.4 is 0 Å². The molecular weight excluding hydrogens is 940 g/mol. The van der Waals surface area contributed by atoms with E-state index in [9.17, 15) is 45.5 Å². The van der Waals surface area contributed by atoms with Crippen LogP contribution in [0.15, 0.2) is 78.9 Å². The van der Waals surface area contributed by atoms with Gasteiger partial charge in [0.2, 0.25) is 0 Å². The average Bonchev–Trinajstić information content (AvgIpc) is 4.10. The fourth-order valence-corrected chi connectivity index (χ4v) is 6.52. The van der Waals surface area contributed by atoms with Crippen molar-refractivity contribution in [3.05, 3.63) is 159 Å². The zero-order valence-corrected chi connectivity index (χ0v) is 37.5. The lowest BCUT2D eigenvalue weighted by Crippen LogP contribution is -2.00. The Labute approximate surface area is 391 Å². The van der Waals surface area contributed by atoms with E-state index in [0.717, 1.165) is 42.5 Å². The van der Waals surface area contributed by atoms with Gasteiger partial charge in [0.05, 0.1) is 21.8 Å². The molecule has 4 aromatic heterocycles. The van der Waals surface area contributed by atoms with E-state index in [1.165, 1.54) is 23.7 Å². The van der Waals surface area contributed by atoms with E-state index >= 15 is 0 Å².